The molecule has 5 nitrogen and oxygen atoms in total. The van der Waals surface area contributed by atoms with Crippen molar-refractivity contribution in [2.75, 3.05) is 0 Å². The number of para-hydroxylation sites is 3. The number of nitrogens with zero attached hydrogens (tertiary/aromatic N) is 5. The molecule has 3 heterocycles. The normalized spacial score (nSPS) is 16.4. The van der Waals surface area contributed by atoms with Crippen molar-refractivity contribution in [1.29, 1.82) is 0 Å². The van der Waals surface area contributed by atoms with Gasteiger partial charge in [0, 0.05) is 38.2 Å². The predicted octanol–water partition coefficient (Wildman–Crippen LogP) is 9.51. The molecule has 3 aromatic heterocycles. The van der Waals surface area contributed by atoms with Crippen LogP contribution in [0.15, 0.2) is 146 Å². The maximum Gasteiger partial charge on any atom is 0.238 e. The molecule has 8 aromatic rings. The molecular weight excluding hydrogens is 550 g/mol. The Kier molecular flexibility index (Phi) is 5.62. The highest BCUT2D eigenvalue weighted by Crippen LogP contribution is 2.40. The summed E-state index contributed by atoms with van der Waals surface area (Å²) >= 11 is 0. The lowest BCUT2D eigenvalue weighted by Crippen LogP contribution is -2.24. The number of allylic oxidation sites excluding steroid dienone is 4. The first-order chi connectivity index (χ1) is 22.2. The summed E-state index contributed by atoms with van der Waals surface area (Å²) in [5, 5.41) is 4.72. The average molecular weight is 580 g/mol. The van der Waals surface area contributed by atoms with E-state index in [2.05, 4.69) is 143 Å². The SMILES string of the molecule is CC1(c2nc(-c3ccccc3)nc(-n3c4ccccc4c4cc5c(cc43)c3ccccc3n5-c3ccccc3)n2)C=CC=CC1. The van der Waals surface area contributed by atoms with E-state index in [1.54, 1.807) is 0 Å². The molecule has 0 amide bonds. The number of aromatic nitrogens is 5. The first-order valence-corrected chi connectivity index (χ1v) is 15.4. The number of hydrogen-bond acceptors (Lipinski definition) is 3. The summed E-state index contributed by atoms with van der Waals surface area (Å²) in [5.74, 6) is 2.06. The maximum absolute atomic E-state index is 5.24. The van der Waals surface area contributed by atoms with Crippen LogP contribution >= 0.6 is 0 Å². The van der Waals surface area contributed by atoms with Gasteiger partial charge in [0.1, 0.15) is 5.82 Å². The van der Waals surface area contributed by atoms with Crippen LogP contribution in [-0.4, -0.2) is 24.1 Å². The van der Waals surface area contributed by atoms with Gasteiger partial charge in [-0.1, -0.05) is 109 Å². The van der Waals surface area contributed by atoms with Gasteiger partial charge in [0.05, 0.1) is 22.1 Å². The van der Waals surface area contributed by atoms with Crippen molar-refractivity contribution in [3.63, 3.8) is 0 Å². The van der Waals surface area contributed by atoms with Crippen molar-refractivity contribution < 1.29 is 0 Å². The first kappa shape index (κ1) is 25.7. The second-order valence-corrected chi connectivity index (χ2v) is 12.0. The molecule has 1 aliphatic carbocycles. The Morgan fingerprint density at radius 3 is 1.82 bits per heavy atom. The minimum Gasteiger partial charge on any atom is -0.309 e. The molecule has 1 atom stereocenters. The van der Waals surface area contributed by atoms with Crippen molar-refractivity contribution in [3.05, 3.63) is 151 Å². The second-order valence-electron chi connectivity index (χ2n) is 12.0. The molecule has 0 spiro atoms. The molecule has 5 aromatic carbocycles. The fourth-order valence-corrected chi connectivity index (χ4v) is 6.83. The van der Waals surface area contributed by atoms with Gasteiger partial charge in [0.25, 0.3) is 0 Å². The molecule has 9 rings (SSSR count). The molecule has 214 valence electrons. The quantitative estimate of drug-likeness (QED) is 0.209. The number of benzene rings is 5. The van der Waals surface area contributed by atoms with Crippen LogP contribution in [0.1, 0.15) is 19.2 Å². The van der Waals surface area contributed by atoms with Gasteiger partial charge in [0.15, 0.2) is 5.82 Å². The lowest BCUT2D eigenvalue weighted by molar-refractivity contribution is 0.551. The van der Waals surface area contributed by atoms with E-state index >= 15 is 0 Å². The Morgan fingerprint density at radius 1 is 0.556 bits per heavy atom. The predicted molar refractivity (Wildman–Crippen MR) is 184 cm³/mol. The van der Waals surface area contributed by atoms with Crippen LogP contribution in [0.25, 0.3) is 66.6 Å². The highest BCUT2D eigenvalue weighted by molar-refractivity contribution is 6.18. The van der Waals surface area contributed by atoms with Crippen LogP contribution < -0.4 is 0 Å². The van der Waals surface area contributed by atoms with E-state index in [-0.39, 0.29) is 5.41 Å². The minimum atomic E-state index is -0.342. The van der Waals surface area contributed by atoms with E-state index < -0.39 is 0 Å². The summed E-state index contributed by atoms with van der Waals surface area (Å²) in [7, 11) is 0. The van der Waals surface area contributed by atoms with Gasteiger partial charge in [-0.25, -0.2) is 4.98 Å². The first-order valence-electron chi connectivity index (χ1n) is 15.4. The third kappa shape index (κ3) is 3.97. The smallest absolute Gasteiger partial charge is 0.238 e. The van der Waals surface area contributed by atoms with Crippen LogP contribution in [0.2, 0.25) is 0 Å². The molecule has 0 fully saturated rings. The molecule has 0 saturated heterocycles. The van der Waals surface area contributed by atoms with Gasteiger partial charge in [-0.2, -0.15) is 9.97 Å². The zero-order valence-corrected chi connectivity index (χ0v) is 24.8. The standard InChI is InChI=1S/C40H29N5/c1-40(23-13-4-14-24-40)38-41-37(27-15-5-2-6-16-27)42-39(43-38)45-34-22-12-10-20-30(34)32-25-35-31(26-36(32)45)29-19-9-11-21-33(29)44(35)28-17-7-3-8-18-28/h2-23,25-26H,24H2,1H3. The molecule has 1 aliphatic rings. The summed E-state index contributed by atoms with van der Waals surface area (Å²) in [4.78, 5) is 15.5. The lowest BCUT2D eigenvalue weighted by atomic mass is 9.83. The molecule has 1 unspecified atom stereocenters. The Bertz CT molecular complexity index is 2470. The van der Waals surface area contributed by atoms with Gasteiger partial charge < -0.3 is 4.57 Å². The van der Waals surface area contributed by atoms with E-state index in [0.29, 0.717) is 11.8 Å². The zero-order chi connectivity index (χ0) is 30.0. The van der Waals surface area contributed by atoms with Gasteiger partial charge in [0.2, 0.25) is 5.95 Å². The van der Waals surface area contributed by atoms with Crippen molar-refractivity contribution in [3.8, 4) is 23.0 Å². The van der Waals surface area contributed by atoms with E-state index in [1.165, 1.54) is 21.8 Å². The molecule has 0 saturated carbocycles. The summed E-state index contributed by atoms with van der Waals surface area (Å²) in [6.45, 7) is 2.20. The van der Waals surface area contributed by atoms with Gasteiger partial charge >= 0.3 is 0 Å². The molecule has 0 N–H and O–H groups in total. The summed E-state index contributed by atoms with van der Waals surface area (Å²) in [6.07, 6.45) is 9.40. The summed E-state index contributed by atoms with van der Waals surface area (Å²) < 4.78 is 4.59. The maximum atomic E-state index is 5.24. The zero-order valence-electron chi connectivity index (χ0n) is 24.8. The third-order valence-electron chi connectivity index (χ3n) is 9.10. The lowest BCUT2D eigenvalue weighted by Gasteiger charge is -2.25. The number of hydrogen-bond donors (Lipinski definition) is 0. The van der Waals surface area contributed by atoms with Crippen LogP contribution in [0, 0.1) is 0 Å². The van der Waals surface area contributed by atoms with Gasteiger partial charge in [-0.05, 0) is 49.7 Å². The van der Waals surface area contributed by atoms with Crippen LogP contribution in [0.5, 0.6) is 0 Å². The molecule has 45 heavy (non-hydrogen) atoms. The molecule has 5 heteroatoms. The summed E-state index contributed by atoms with van der Waals surface area (Å²) in [5.41, 5.74) is 6.26. The van der Waals surface area contributed by atoms with E-state index in [4.69, 9.17) is 15.0 Å². The van der Waals surface area contributed by atoms with Crippen molar-refractivity contribution in [1.82, 2.24) is 24.1 Å². The van der Waals surface area contributed by atoms with Crippen molar-refractivity contribution in [2.45, 2.75) is 18.8 Å². The fourth-order valence-electron chi connectivity index (χ4n) is 6.83. The number of rotatable bonds is 4. The monoisotopic (exact) mass is 579 g/mol. The highest BCUT2D eigenvalue weighted by Gasteiger charge is 2.29. The van der Waals surface area contributed by atoms with Crippen molar-refractivity contribution >= 4 is 43.6 Å². The highest BCUT2D eigenvalue weighted by atomic mass is 15.2. The Labute approximate surface area is 260 Å². The fraction of sp³-hybridized carbons (Fsp3) is 0.0750. The Morgan fingerprint density at radius 2 is 1.16 bits per heavy atom. The average Bonchev–Trinajstić information content (AvgIpc) is 3.60. The largest absolute Gasteiger partial charge is 0.309 e. The molecular formula is C40H29N5. The van der Waals surface area contributed by atoms with Crippen LogP contribution in [0.3, 0.4) is 0 Å². The number of fused-ring (bicyclic) bond motifs is 6. The van der Waals surface area contributed by atoms with Crippen LogP contribution in [-0.2, 0) is 5.41 Å². The third-order valence-corrected chi connectivity index (χ3v) is 9.10. The van der Waals surface area contributed by atoms with E-state index in [0.717, 1.165) is 45.3 Å². The molecule has 0 bridgehead atoms. The Hall–Kier alpha value is -5.81. The Balaban J connectivity index is 1.39. The van der Waals surface area contributed by atoms with Gasteiger partial charge in [-0.15, -0.1) is 0 Å². The minimum absolute atomic E-state index is 0.342. The van der Waals surface area contributed by atoms with Crippen molar-refractivity contribution in [2.24, 2.45) is 0 Å². The van der Waals surface area contributed by atoms with Gasteiger partial charge in [-0.3, -0.25) is 4.57 Å². The van der Waals surface area contributed by atoms with E-state index in [9.17, 15) is 0 Å². The summed E-state index contributed by atoms with van der Waals surface area (Å²) in [6, 6.07) is 42.7. The second kappa shape index (κ2) is 9.86. The van der Waals surface area contributed by atoms with E-state index in [1.807, 2.05) is 18.2 Å². The van der Waals surface area contributed by atoms with Crippen LogP contribution in [0.4, 0.5) is 0 Å². The molecule has 0 aliphatic heterocycles. The molecule has 0 radical (unpaired) electrons. The topological polar surface area (TPSA) is 48.5 Å².